The summed E-state index contributed by atoms with van der Waals surface area (Å²) in [5.74, 6) is -0.612. The van der Waals surface area contributed by atoms with Gasteiger partial charge in [0.1, 0.15) is 0 Å². The first-order valence-corrected chi connectivity index (χ1v) is 7.04. The Labute approximate surface area is 124 Å². The first-order chi connectivity index (χ1) is 9.84. The van der Waals surface area contributed by atoms with Crippen LogP contribution in [0, 0.1) is 0 Å². The summed E-state index contributed by atoms with van der Waals surface area (Å²) in [6, 6.07) is 3.24. The van der Waals surface area contributed by atoms with Crippen LogP contribution in [0.1, 0.15) is 28.8 Å². The number of amides is 1. The van der Waals surface area contributed by atoms with Crippen molar-refractivity contribution in [2.75, 3.05) is 13.1 Å². The molecule has 7 heteroatoms. The summed E-state index contributed by atoms with van der Waals surface area (Å²) < 4.78 is 44.8. The molecule has 1 aromatic rings. The molecule has 2 heterocycles. The fourth-order valence-corrected chi connectivity index (χ4v) is 3.06. The van der Waals surface area contributed by atoms with Crippen LogP contribution in [0.4, 0.5) is 13.2 Å². The molecule has 114 valence electrons. The van der Waals surface area contributed by atoms with Gasteiger partial charge in [0.15, 0.2) is 0 Å². The van der Waals surface area contributed by atoms with Crippen LogP contribution in [0.15, 0.2) is 18.2 Å². The number of nitrogens with zero attached hydrogens (tertiary/aromatic N) is 1. The number of benzene rings is 1. The molecular weight excluding hydrogens is 307 g/mol. The molecule has 2 saturated heterocycles. The van der Waals surface area contributed by atoms with Crippen LogP contribution in [0.5, 0.6) is 0 Å². The molecule has 0 aromatic heterocycles. The lowest BCUT2D eigenvalue weighted by molar-refractivity contribution is -0.138. The summed E-state index contributed by atoms with van der Waals surface area (Å²) in [6.07, 6.45) is -3.03. The lowest BCUT2D eigenvalue weighted by atomic mass is 10.1. The van der Waals surface area contributed by atoms with Crippen molar-refractivity contribution >= 4 is 17.5 Å². The number of alkyl halides is 3. The highest BCUT2D eigenvalue weighted by Gasteiger charge is 2.40. The molecular formula is C14H13ClF3NO2. The van der Waals surface area contributed by atoms with E-state index in [1.54, 1.807) is 0 Å². The van der Waals surface area contributed by atoms with Gasteiger partial charge in [-0.15, -0.1) is 0 Å². The van der Waals surface area contributed by atoms with Gasteiger partial charge in [-0.2, -0.15) is 13.2 Å². The second kappa shape index (κ2) is 5.18. The summed E-state index contributed by atoms with van der Waals surface area (Å²) in [7, 11) is 0. The third kappa shape index (κ3) is 2.87. The van der Waals surface area contributed by atoms with Gasteiger partial charge in [0, 0.05) is 18.1 Å². The van der Waals surface area contributed by atoms with Crippen molar-refractivity contribution in [1.29, 1.82) is 0 Å². The number of morpholine rings is 1. The van der Waals surface area contributed by atoms with Crippen LogP contribution in [0.25, 0.3) is 0 Å². The highest BCUT2D eigenvalue weighted by molar-refractivity contribution is 6.30. The maximum atomic E-state index is 13.1. The Morgan fingerprint density at radius 1 is 1.24 bits per heavy atom. The molecule has 0 N–H and O–H groups in total. The SMILES string of the molecule is O=C(c1ccc(Cl)cc1C(F)(F)F)N1C[C@H]2CC[C@@H](C1)O2. The van der Waals surface area contributed by atoms with Crippen molar-refractivity contribution in [2.24, 2.45) is 0 Å². The summed E-state index contributed by atoms with van der Waals surface area (Å²) in [4.78, 5) is 13.9. The quantitative estimate of drug-likeness (QED) is 0.794. The van der Waals surface area contributed by atoms with Crippen molar-refractivity contribution in [3.8, 4) is 0 Å². The first-order valence-electron chi connectivity index (χ1n) is 6.66. The fraction of sp³-hybridized carbons (Fsp3) is 0.500. The van der Waals surface area contributed by atoms with E-state index in [1.807, 2.05) is 0 Å². The minimum atomic E-state index is -4.61. The van der Waals surface area contributed by atoms with E-state index in [1.165, 1.54) is 11.0 Å². The molecule has 2 atom stereocenters. The number of hydrogen-bond donors (Lipinski definition) is 0. The minimum Gasteiger partial charge on any atom is -0.371 e. The topological polar surface area (TPSA) is 29.5 Å². The van der Waals surface area contributed by atoms with Crippen molar-refractivity contribution in [3.63, 3.8) is 0 Å². The Morgan fingerprint density at radius 2 is 1.86 bits per heavy atom. The Morgan fingerprint density at radius 3 is 2.43 bits per heavy atom. The molecule has 3 nitrogen and oxygen atoms in total. The molecule has 0 unspecified atom stereocenters. The molecule has 0 radical (unpaired) electrons. The molecule has 21 heavy (non-hydrogen) atoms. The van der Waals surface area contributed by atoms with E-state index < -0.39 is 17.6 Å². The Balaban J connectivity index is 1.91. The van der Waals surface area contributed by atoms with E-state index >= 15 is 0 Å². The van der Waals surface area contributed by atoms with Gasteiger partial charge in [-0.25, -0.2) is 0 Å². The van der Waals surface area contributed by atoms with Crippen LogP contribution >= 0.6 is 11.6 Å². The molecule has 3 rings (SSSR count). The second-order valence-corrected chi connectivity index (χ2v) is 5.79. The van der Waals surface area contributed by atoms with Gasteiger partial charge in [0.2, 0.25) is 0 Å². The normalized spacial score (nSPS) is 25.2. The number of likely N-dealkylation sites (tertiary alicyclic amines) is 1. The molecule has 2 aliphatic heterocycles. The third-order valence-corrected chi connectivity index (χ3v) is 4.08. The Kier molecular flexibility index (Phi) is 3.61. The van der Waals surface area contributed by atoms with E-state index in [2.05, 4.69) is 0 Å². The van der Waals surface area contributed by atoms with Gasteiger partial charge >= 0.3 is 6.18 Å². The average Bonchev–Trinajstić information content (AvgIpc) is 2.75. The predicted molar refractivity (Wildman–Crippen MR) is 70.3 cm³/mol. The Bertz CT molecular complexity index is 564. The summed E-state index contributed by atoms with van der Waals surface area (Å²) in [5.41, 5.74) is -1.34. The summed E-state index contributed by atoms with van der Waals surface area (Å²) in [5, 5.41) is -0.0408. The maximum Gasteiger partial charge on any atom is 0.417 e. The van der Waals surface area contributed by atoms with Crippen molar-refractivity contribution < 1.29 is 22.7 Å². The van der Waals surface area contributed by atoms with Gasteiger partial charge < -0.3 is 9.64 Å². The van der Waals surface area contributed by atoms with E-state index in [0.717, 1.165) is 25.0 Å². The third-order valence-electron chi connectivity index (χ3n) is 3.85. The van der Waals surface area contributed by atoms with Gasteiger partial charge in [0.25, 0.3) is 5.91 Å². The summed E-state index contributed by atoms with van der Waals surface area (Å²) in [6.45, 7) is 0.685. The number of carbonyl (C=O) groups excluding carboxylic acids is 1. The molecule has 1 aromatic carbocycles. The smallest absolute Gasteiger partial charge is 0.371 e. The number of rotatable bonds is 1. The number of fused-ring (bicyclic) bond motifs is 2. The highest BCUT2D eigenvalue weighted by Crippen LogP contribution is 2.35. The van der Waals surface area contributed by atoms with Crippen molar-refractivity contribution in [3.05, 3.63) is 34.3 Å². The zero-order valence-corrected chi connectivity index (χ0v) is 11.7. The van der Waals surface area contributed by atoms with E-state index in [4.69, 9.17) is 16.3 Å². The van der Waals surface area contributed by atoms with Gasteiger partial charge in [-0.3, -0.25) is 4.79 Å². The van der Waals surface area contributed by atoms with Gasteiger partial charge in [-0.1, -0.05) is 11.6 Å². The van der Waals surface area contributed by atoms with E-state index in [9.17, 15) is 18.0 Å². The number of halogens is 4. The van der Waals surface area contributed by atoms with Crippen molar-refractivity contribution in [1.82, 2.24) is 4.90 Å². The molecule has 0 aliphatic carbocycles. The molecule has 2 fully saturated rings. The fourth-order valence-electron chi connectivity index (χ4n) is 2.89. The largest absolute Gasteiger partial charge is 0.417 e. The lowest BCUT2D eigenvalue weighted by Crippen LogP contribution is -2.46. The monoisotopic (exact) mass is 319 g/mol. The average molecular weight is 320 g/mol. The van der Waals surface area contributed by atoms with E-state index in [-0.39, 0.29) is 22.8 Å². The molecule has 1 amide bonds. The predicted octanol–water partition coefficient (Wildman–Crippen LogP) is 3.36. The van der Waals surface area contributed by atoms with Crippen molar-refractivity contribution in [2.45, 2.75) is 31.2 Å². The number of ether oxygens (including phenoxy) is 1. The van der Waals surface area contributed by atoms with Crippen LogP contribution < -0.4 is 0 Å². The first kappa shape index (κ1) is 14.7. The van der Waals surface area contributed by atoms with Gasteiger partial charge in [0.05, 0.1) is 23.3 Å². The maximum absolute atomic E-state index is 13.1. The molecule has 2 bridgehead atoms. The van der Waals surface area contributed by atoms with Gasteiger partial charge in [-0.05, 0) is 31.0 Å². The molecule has 2 aliphatic rings. The number of hydrogen-bond acceptors (Lipinski definition) is 2. The van der Waals surface area contributed by atoms with Crippen LogP contribution in [-0.4, -0.2) is 36.1 Å². The number of carbonyl (C=O) groups is 1. The minimum absolute atomic E-state index is 0.0408. The molecule has 0 spiro atoms. The molecule has 0 saturated carbocycles. The zero-order chi connectivity index (χ0) is 15.2. The van der Waals surface area contributed by atoms with E-state index in [0.29, 0.717) is 13.1 Å². The van der Waals surface area contributed by atoms with Crippen LogP contribution in [0.3, 0.4) is 0 Å². The zero-order valence-electron chi connectivity index (χ0n) is 11.0. The summed E-state index contributed by atoms with van der Waals surface area (Å²) >= 11 is 5.62. The van der Waals surface area contributed by atoms with Crippen LogP contribution in [-0.2, 0) is 10.9 Å². The Hall–Kier alpha value is -1.27. The van der Waals surface area contributed by atoms with Crippen LogP contribution in [0.2, 0.25) is 5.02 Å². The standard InChI is InChI=1S/C14H13ClF3NO2/c15-8-1-4-11(12(5-8)14(16,17)18)13(20)19-6-9-2-3-10(7-19)21-9/h1,4-5,9-10H,2-3,6-7H2/t9-,10+. The highest BCUT2D eigenvalue weighted by atomic mass is 35.5. The second-order valence-electron chi connectivity index (χ2n) is 5.36. The lowest BCUT2D eigenvalue weighted by Gasteiger charge is -2.32.